The number of aromatic nitrogens is 2. The number of hydrogen-bond donors (Lipinski definition) is 1. The van der Waals surface area contributed by atoms with Gasteiger partial charge in [0.05, 0.1) is 17.2 Å². The highest BCUT2D eigenvalue weighted by Crippen LogP contribution is 2.31. The molecule has 21 heavy (non-hydrogen) atoms. The Bertz CT molecular complexity index is 596. The van der Waals surface area contributed by atoms with E-state index in [1.54, 1.807) is 18.2 Å². The van der Waals surface area contributed by atoms with Crippen molar-refractivity contribution >= 4 is 17.3 Å². The minimum atomic E-state index is -4.35. The third-order valence-corrected chi connectivity index (χ3v) is 2.78. The fraction of sp³-hybridized carbons (Fsp3) is 0.333. The molecule has 2 rings (SSSR count). The largest absolute Gasteiger partial charge is 0.411 e. The summed E-state index contributed by atoms with van der Waals surface area (Å²) in [5.74, 6) is 0.329. The molecular formula is C12H11ClF3N3O2. The molecule has 0 spiro atoms. The molecule has 2 N–H and O–H groups in total. The Morgan fingerprint density at radius 3 is 2.76 bits per heavy atom. The molecule has 1 aromatic carbocycles. The van der Waals surface area contributed by atoms with Crippen LogP contribution in [0.4, 0.5) is 18.9 Å². The second-order valence-corrected chi connectivity index (χ2v) is 4.54. The second-order valence-electron chi connectivity index (χ2n) is 4.14. The van der Waals surface area contributed by atoms with Crippen molar-refractivity contribution in [2.45, 2.75) is 12.6 Å². The van der Waals surface area contributed by atoms with E-state index in [-0.39, 0.29) is 24.7 Å². The van der Waals surface area contributed by atoms with E-state index in [0.29, 0.717) is 16.3 Å². The Hall–Kier alpha value is -1.80. The lowest BCUT2D eigenvalue weighted by molar-refractivity contribution is -0.173. The highest BCUT2D eigenvalue weighted by molar-refractivity contribution is 6.33. The van der Waals surface area contributed by atoms with Crippen LogP contribution in [-0.2, 0) is 11.2 Å². The predicted octanol–water partition coefficient (Wildman–Crippen LogP) is 3.09. The molecule has 0 saturated heterocycles. The topological polar surface area (TPSA) is 74.2 Å². The van der Waals surface area contributed by atoms with Crippen LogP contribution in [0, 0.1) is 0 Å². The maximum absolute atomic E-state index is 11.9. The van der Waals surface area contributed by atoms with E-state index >= 15 is 0 Å². The van der Waals surface area contributed by atoms with Gasteiger partial charge in [-0.25, -0.2) is 0 Å². The minimum Gasteiger partial charge on any atom is -0.398 e. The number of anilines is 1. The van der Waals surface area contributed by atoms with Crippen molar-refractivity contribution in [3.05, 3.63) is 29.0 Å². The fourth-order valence-electron chi connectivity index (χ4n) is 1.57. The van der Waals surface area contributed by atoms with Crippen LogP contribution in [0.15, 0.2) is 22.7 Å². The first-order chi connectivity index (χ1) is 9.87. The Morgan fingerprint density at radius 1 is 1.33 bits per heavy atom. The number of benzene rings is 1. The molecule has 0 fully saturated rings. The van der Waals surface area contributed by atoms with Crippen molar-refractivity contribution in [1.82, 2.24) is 10.1 Å². The van der Waals surface area contributed by atoms with Crippen LogP contribution < -0.4 is 5.73 Å². The maximum Gasteiger partial charge on any atom is 0.411 e. The zero-order valence-corrected chi connectivity index (χ0v) is 11.4. The van der Waals surface area contributed by atoms with Gasteiger partial charge in [0.15, 0.2) is 5.82 Å². The van der Waals surface area contributed by atoms with Gasteiger partial charge in [0, 0.05) is 12.1 Å². The molecule has 0 aliphatic carbocycles. The Labute approximate surface area is 122 Å². The standard InChI is InChI=1S/C12H11ClF3N3O2/c13-7-2-1-3-8(17)10(7)11-18-9(19-21-11)4-5-20-6-12(14,15)16/h1-3H,4-6,17H2. The van der Waals surface area contributed by atoms with E-state index in [9.17, 15) is 13.2 Å². The monoisotopic (exact) mass is 321 g/mol. The van der Waals surface area contributed by atoms with Crippen molar-refractivity contribution in [1.29, 1.82) is 0 Å². The van der Waals surface area contributed by atoms with Crippen LogP contribution in [0.1, 0.15) is 5.82 Å². The first kappa shape index (κ1) is 15.6. The van der Waals surface area contributed by atoms with Gasteiger partial charge in [0.2, 0.25) is 0 Å². The number of hydrogen-bond acceptors (Lipinski definition) is 5. The van der Waals surface area contributed by atoms with Crippen LogP contribution >= 0.6 is 11.6 Å². The first-order valence-electron chi connectivity index (χ1n) is 5.88. The fourth-order valence-corrected chi connectivity index (χ4v) is 1.84. The summed E-state index contributed by atoms with van der Waals surface area (Å²) in [6.07, 6.45) is -4.27. The van der Waals surface area contributed by atoms with Gasteiger partial charge in [0.25, 0.3) is 5.89 Å². The molecule has 0 aliphatic rings. The van der Waals surface area contributed by atoms with Gasteiger partial charge >= 0.3 is 6.18 Å². The van der Waals surface area contributed by atoms with Crippen LogP contribution in [-0.4, -0.2) is 29.5 Å². The normalized spacial score (nSPS) is 11.8. The first-order valence-corrected chi connectivity index (χ1v) is 6.26. The average Bonchev–Trinajstić information content (AvgIpc) is 2.82. The molecule has 114 valence electrons. The molecule has 1 aromatic heterocycles. The van der Waals surface area contributed by atoms with Gasteiger partial charge in [-0.3, -0.25) is 0 Å². The zero-order valence-electron chi connectivity index (χ0n) is 10.7. The number of halogens is 4. The molecule has 0 radical (unpaired) electrons. The van der Waals surface area contributed by atoms with Crippen molar-refractivity contribution in [3.63, 3.8) is 0 Å². The van der Waals surface area contributed by atoms with E-state index in [2.05, 4.69) is 14.9 Å². The Kier molecular flexibility index (Phi) is 4.69. The Balaban J connectivity index is 1.99. The summed E-state index contributed by atoms with van der Waals surface area (Å²) in [6, 6.07) is 4.91. The van der Waals surface area contributed by atoms with Gasteiger partial charge in [-0.2, -0.15) is 18.2 Å². The summed E-state index contributed by atoms with van der Waals surface area (Å²) in [5, 5.41) is 3.99. The smallest absolute Gasteiger partial charge is 0.398 e. The summed E-state index contributed by atoms with van der Waals surface area (Å²) in [5.41, 5.74) is 6.53. The van der Waals surface area contributed by atoms with Gasteiger partial charge in [0.1, 0.15) is 6.61 Å². The van der Waals surface area contributed by atoms with Crippen molar-refractivity contribution in [2.24, 2.45) is 0 Å². The second kappa shape index (κ2) is 6.31. The van der Waals surface area contributed by atoms with E-state index < -0.39 is 12.8 Å². The third kappa shape index (κ3) is 4.33. The predicted molar refractivity (Wildman–Crippen MR) is 69.7 cm³/mol. The van der Waals surface area contributed by atoms with Crippen LogP contribution in [0.2, 0.25) is 5.02 Å². The molecule has 0 unspecified atom stereocenters. The quantitative estimate of drug-likeness (QED) is 0.676. The summed E-state index contributed by atoms with van der Waals surface area (Å²) in [4.78, 5) is 4.03. The van der Waals surface area contributed by atoms with Gasteiger partial charge in [-0.1, -0.05) is 22.8 Å². The molecule has 0 amide bonds. The molecule has 5 nitrogen and oxygen atoms in total. The maximum atomic E-state index is 11.9. The minimum absolute atomic E-state index is 0.0872. The number of nitrogens with zero attached hydrogens (tertiary/aromatic N) is 2. The number of ether oxygens (including phenoxy) is 1. The van der Waals surface area contributed by atoms with Crippen molar-refractivity contribution in [3.8, 4) is 11.5 Å². The van der Waals surface area contributed by atoms with Crippen LogP contribution in [0.5, 0.6) is 0 Å². The molecule has 0 atom stereocenters. The van der Waals surface area contributed by atoms with Gasteiger partial charge < -0.3 is 15.0 Å². The molecule has 9 heteroatoms. The number of rotatable bonds is 5. The van der Waals surface area contributed by atoms with Crippen molar-refractivity contribution in [2.75, 3.05) is 18.9 Å². The molecule has 0 saturated carbocycles. The highest BCUT2D eigenvalue weighted by atomic mass is 35.5. The lowest BCUT2D eigenvalue weighted by Gasteiger charge is -2.05. The SMILES string of the molecule is Nc1cccc(Cl)c1-c1nc(CCOCC(F)(F)F)no1. The highest BCUT2D eigenvalue weighted by Gasteiger charge is 2.27. The van der Waals surface area contributed by atoms with Crippen molar-refractivity contribution < 1.29 is 22.4 Å². The number of alkyl halides is 3. The average molecular weight is 322 g/mol. The summed E-state index contributed by atoms with van der Waals surface area (Å²) in [7, 11) is 0. The Morgan fingerprint density at radius 2 is 2.10 bits per heavy atom. The molecule has 1 heterocycles. The molecule has 0 bridgehead atoms. The summed E-state index contributed by atoms with van der Waals surface area (Å²) >= 11 is 5.99. The molecular weight excluding hydrogens is 311 g/mol. The van der Waals surface area contributed by atoms with E-state index in [0.717, 1.165) is 0 Å². The lowest BCUT2D eigenvalue weighted by Crippen LogP contribution is -2.18. The summed E-state index contributed by atoms with van der Waals surface area (Å²) in [6.45, 7) is -1.48. The van der Waals surface area contributed by atoms with E-state index in [4.69, 9.17) is 21.9 Å². The number of nitrogen functional groups attached to an aromatic ring is 1. The number of nitrogens with two attached hydrogens (primary N) is 1. The third-order valence-electron chi connectivity index (χ3n) is 2.46. The molecule has 2 aromatic rings. The van der Waals surface area contributed by atoms with Gasteiger partial charge in [-0.05, 0) is 12.1 Å². The molecule has 0 aliphatic heterocycles. The van der Waals surface area contributed by atoms with E-state index in [1.807, 2.05) is 0 Å². The van der Waals surface area contributed by atoms with Crippen LogP contribution in [0.3, 0.4) is 0 Å². The van der Waals surface area contributed by atoms with Crippen LogP contribution in [0.25, 0.3) is 11.5 Å². The van der Waals surface area contributed by atoms with E-state index in [1.165, 1.54) is 0 Å². The lowest BCUT2D eigenvalue weighted by atomic mass is 10.2. The van der Waals surface area contributed by atoms with Gasteiger partial charge in [-0.15, -0.1) is 0 Å². The zero-order chi connectivity index (χ0) is 15.5. The summed E-state index contributed by atoms with van der Waals surface area (Å²) < 4.78 is 45.2.